The van der Waals surface area contributed by atoms with Crippen LogP contribution in [-0.2, 0) is 10.0 Å². The Hall–Kier alpha value is -2.35. The van der Waals surface area contributed by atoms with Crippen molar-refractivity contribution < 1.29 is 18.0 Å². The standard InChI is InChI=1S/C20H18Cl2N2O4S/c1-3-24(4-2)17-18(25)13-7-5-6-8-14(13)19(26)20(17)29(27,28)23-12-9-10-15(21)16(22)11-12/h5-11,23H,3-4H2,1-2H3. The first-order valence-corrected chi connectivity index (χ1v) is 11.1. The van der Waals surface area contributed by atoms with Gasteiger partial charge in [0.15, 0.2) is 4.91 Å². The summed E-state index contributed by atoms with van der Waals surface area (Å²) in [6.45, 7) is 4.29. The molecule has 1 N–H and O–H groups in total. The second-order valence-electron chi connectivity index (χ2n) is 6.29. The molecule has 0 aromatic heterocycles. The summed E-state index contributed by atoms with van der Waals surface area (Å²) in [6, 6.07) is 10.4. The van der Waals surface area contributed by atoms with Gasteiger partial charge in [0.05, 0.1) is 15.7 Å². The second kappa shape index (κ2) is 8.18. The first kappa shape index (κ1) is 21.4. The molecule has 0 heterocycles. The first-order chi connectivity index (χ1) is 13.7. The molecular weight excluding hydrogens is 435 g/mol. The first-order valence-electron chi connectivity index (χ1n) is 8.86. The van der Waals surface area contributed by atoms with E-state index >= 15 is 0 Å². The Labute approximate surface area is 179 Å². The van der Waals surface area contributed by atoms with Gasteiger partial charge in [-0.2, -0.15) is 0 Å². The summed E-state index contributed by atoms with van der Waals surface area (Å²) in [7, 11) is -4.39. The highest BCUT2D eigenvalue weighted by Gasteiger charge is 2.41. The van der Waals surface area contributed by atoms with Gasteiger partial charge >= 0.3 is 0 Å². The Morgan fingerprint density at radius 1 is 0.897 bits per heavy atom. The Bertz CT molecular complexity index is 1140. The molecule has 0 fully saturated rings. The van der Waals surface area contributed by atoms with E-state index in [1.807, 2.05) is 0 Å². The Kier molecular flexibility index (Phi) is 6.03. The van der Waals surface area contributed by atoms with Gasteiger partial charge in [0, 0.05) is 24.2 Å². The third kappa shape index (κ3) is 3.90. The molecule has 0 saturated heterocycles. The van der Waals surface area contributed by atoms with E-state index in [1.165, 1.54) is 30.3 Å². The lowest BCUT2D eigenvalue weighted by molar-refractivity contribution is 0.0949. The van der Waals surface area contributed by atoms with Crippen molar-refractivity contribution in [3.8, 4) is 0 Å². The summed E-state index contributed by atoms with van der Waals surface area (Å²) < 4.78 is 28.8. The lowest BCUT2D eigenvalue weighted by atomic mass is 9.92. The second-order valence-corrected chi connectivity index (χ2v) is 8.72. The fourth-order valence-corrected chi connectivity index (χ4v) is 4.85. The number of fused-ring (bicyclic) bond motifs is 1. The number of hydrogen-bond donors (Lipinski definition) is 1. The molecule has 2 aromatic rings. The molecule has 0 bridgehead atoms. The van der Waals surface area contributed by atoms with E-state index < -0.39 is 26.5 Å². The highest BCUT2D eigenvalue weighted by molar-refractivity contribution is 7.97. The third-order valence-electron chi connectivity index (χ3n) is 4.57. The summed E-state index contributed by atoms with van der Waals surface area (Å²) in [6.07, 6.45) is 0. The zero-order valence-corrected chi connectivity index (χ0v) is 18.0. The van der Waals surface area contributed by atoms with Crippen LogP contribution < -0.4 is 4.72 Å². The minimum absolute atomic E-state index is 0.0583. The maximum Gasteiger partial charge on any atom is 0.268 e. The molecule has 1 aliphatic rings. The largest absolute Gasteiger partial charge is 0.368 e. The lowest BCUT2D eigenvalue weighted by Gasteiger charge is -2.29. The van der Waals surface area contributed by atoms with Crippen molar-refractivity contribution in [2.45, 2.75) is 13.8 Å². The number of rotatable bonds is 6. The van der Waals surface area contributed by atoms with E-state index in [2.05, 4.69) is 4.72 Å². The van der Waals surface area contributed by atoms with Crippen molar-refractivity contribution in [2.75, 3.05) is 17.8 Å². The molecule has 1 aliphatic carbocycles. The zero-order chi connectivity index (χ0) is 21.3. The average molecular weight is 453 g/mol. The van der Waals surface area contributed by atoms with Gasteiger partial charge in [-0.1, -0.05) is 47.5 Å². The summed E-state index contributed by atoms with van der Waals surface area (Å²) in [5, 5.41) is 0.414. The minimum Gasteiger partial charge on any atom is -0.368 e. The van der Waals surface area contributed by atoms with Gasteiger partial charge in [-0.25, -0.2) is 8.42 Å². The number of benzene rings is 2. The molecule has 0 spiro atoms. The van der Waals surface area contributed by atoms with Crippen molar-refractivity contribution in [3.63, 3.8) is 0 Å². The molecular formula is C20H18Cl2N2O4S. The van der Waals surface area contributed by atoms with Crippen molar-refractivity contribution >= 4 is 50.5 Å². The van der Waals surface area contributed by atoms with Crippen LogP contribution in [0, 0.1) is 0 Å². The van der Waals surface area contributed by atoms with Crippen LogP contribution in [0.3, 0.4) is 0 Å². The summed E-state index contributed by atoms with van der Waals surface area (Å²) >= 11 is 11.8. The van der Waals surface area contributed by atoms with Gasteiger partial charge in [-0.05, 0) is 32.0 Å². The predicted octanol–water partition coefficient (Wildman–Crippen LogP) is 4.37. The quantitative estimate of drug-likeness (QED) is 0.703. The number of ketones is 2. The van der Waals surface area contributed by atoms with Crippen molar-refractivity contribution in [3.05, 3.63) is 74.2 Å². The normalized spacial score (nSPS) is 14.1. The van der Waals surface area contributed by atoms with Gasteiger partial charge < -0.3 is 4.90 Å². The van der Waals surface area contributed by atoms with E-state index in [9.17, 15) is 18.0 Å². The molecule has 0 radical (unpaired) electrons. The van der Waals surface area contributed by atoms with Gasteiger partial charge in [0.2, 0.25) is 11.6 Å². The summed E-state index contributed by atoms with van der Waals surface area (Å²) in [5.41, 5.74) is 0.243. The lowest BCUT2D eigenvalue weighted by Crippen LogP contribution is -2.37. The molecule has 29 heavy (non-hydrogen) atoms. The summed E-state index contributed by atoms with van der Waals surface area (Å²) in [5.74, 6) is -1.23. The third-order valence-corrected chi connectivity index (χ3v) is 6.73. The number of Topliss-reactive ketones (excluding diaryl/α,β-unsaturated/α-hetero) is 2. The van der Waals surface area contributed by atoms with Crippen molar-refractivity contribution in [1.82, 2.24) is 4.90 Å². The Morgan fingerprint density at radius 3 is 2.03 bits per heavy atom. The number of nitrogens with zero attached hydrogens (tertiary/aromatic N) is 1. The van der Waals surface area contributed by atoms with Crippen LogP contribution in [0.15, 0.2) is 53.1 Å². The van der Waals surface area contributed by atoms with Gasteiger partial charge in [0.25, 0.3) is 10.0 Å². The van der Waals surface area contributed by atoms with Gasteiger partial charge in [-0.15, -0.1) is 0 Å². The fraction of sp³-hybridized carbons (Fsp3) is 0.200. The smallest absolute Gasteiger partial charge is 0.268 e. The van der Waals surface area contributed by atoms with Crippen LogP contribution in [0.5, 0.6) is 0 Å². The number of nitrogens with one attached hydrogen (secondary N) is 1. The number of sulfonamides is 1. The maximum atomic E-state index is 13.2. The predicted molar refractivity (Wildman–Crippen MR) is 114 cm³/mol. The zero-order valence-electron chi connectivity index (χ0n) is 15.7. The summed E-state index contributed by atoms with van der Waals surface area (Å²) in [4.78, 5) is 27.3. The van der Waals surface area contributed by atoms with Crippen LogP contribution in [0.4, 0.5) is 5.69 Å². The molecule has 0 saturated carbocycles. The van der Waals surface area contributed by atoms with E-state index in [1.54, 1.807) is 30.9 Å². The maximum absolute atomic E-state index is 13.2. The van der Waals surface area contributed by atoms with Crippen molar-refractivity contribution in [1.29, 1.82) is 0 Å². The number of allylic oxidation sites excluding steroid dienone is 2. The van der Waals surface area contributed by atoms with E-state index in [0.717, 1.165) is 0 Å². The molecule has 3 rings (SSSR count). The van der Waals surface area contributed by atoms with Crippen LogP contribution in [-0.4, -0.2) is 38.0 Å². The average Bonchev–Trinajstić information content (AvgIpc) is 2.69. The molecule has 2 aromatic carbocycles. The number of carbonyl (C=O) groups is 2. The van der Waals surface area contributed by atoms with Crippen LogP contribution >= 0.6 is 23.2 Å². The number of halogens is 2. The van der Waals surface area contributed by atoms with Crippen LogP contribution in [0.2, 0.25) is 10.0 Å². The van der Waals surface area contributed by atoms with E-state index in [-0.39, 0.29) is 32.6 Å². The number of likely N-dealkylation sites (N-methyl/N-ethyl adjacent to an activating group) is 1. The number of carbonyl (C=O) groups excluding carboxylic acids is 2. The topological polar surface area (TPSA) is 83.6 Å². The van der Waals surface area contributed by atoms with Gasteiger partial charge in [0.1, 0.15) is 5.70 Å². The minimum atomic E-state index is -4.39. The molecule has 9 heteroatoms. The molecule has 6 nitrogen and oxygen atoms in total. The fourth-order valence-electron chi connectivity index (χ4n) is 3.18. The Morgan fingerprint density at radius 2 is 1.48 bits per heavy atom. The van der Waals surface area contributed by atoms with E-state index in [0.29, 0.717) is 13.1 Å². The number of hydrogen-bond acceptors (Lipinski definition) is 5. The Balaban J connectivity index is 2.20. The highest BCUT2D eigenvalue weighted by Crippen LogP contribution is 2.33. The molecule has 0 unspecified atom stereocenters. The SMILES string of the molecule is CCN(CC)C1=C(S(=O)(=O)Nc2ccc(Cl)c(Cl)c2)C(=O)c2ccccc2C1=O. The van der Waals surface area contributed by atoms with Crippen molar-refractivity contribution in [2.24, 2.45) is 0 Å². The molecule has 0 aliphatic heterocycles. The molecule has 0 amide bonds. The molecule has 0 atom stereocenters. The van der Waals surface area contributed by atoms with Gasteiger partial charge in [-0.3, -0.25) is 14.3 Å². The number of anilines is 1. The monoisotopic (exact) mass is 452 g/mol. The van der Waals surface area contributed by atoms with Crippen LogP contribution in [0.1, 0.15) is 34.6 Å². The highest BCUT2D eigenvalue weighted by atomic mass is 35.5. The molecule has 152 valence electrons. The van der Waals surface area contributed by atoms with E-state index in [4.69, 9.17) is 23.2 Å². The van der Waals surface area contributed by atoms with Crippen LogP contribution in [0.25, 0.3) is 0 Å².